The second kappa shape index (κ2) is 8.96. The maximum Gasteiger partial charge on any atom is 0.0563 e. The first kappa shape index (κ1) is 12.6. The zero-order chi connectivity index (χ0) is 8.57. The molecule has 0 aliphatic heterocycles. The summed E-state index contributed by atoms with van der Waals surface area (Å²) < 4.78 is 0. The molecule has 0 radical (unpaired) electrons. The van der Waals surface area contributed by atoms with Gasteiger partial charge in [-0.25, -0.2) is 0 Å². The zero-order valence-electron chi connectivity index (χ0n) is 8.02. The SMILES string of the molecule is CC.CCC(C)[C@@H](O)CC. The van der Waals surface area contributed by atoms with Crippen LogP contribution in [0.2, 0.25) is 0 Å². The van der Waals surface area contributed by atoms with Gasteiger partial charge in [0.1, 0.15) is 0 Å². The van der Waals surface area contributed by atoms with Crippen LogP contribution in [0.1, 0.15) is 47.5 Å². The molecule has 0 saturated heterocycles. The van der Waals surface area contributed by atoms with Crippen molar-refractivity contribution in [2.24, 2.45) is 5.92 Å². The molecule has 0 fully saturated rings. The first-order chi connectivity index (χ1) is 4.72. The summed E-state index contributed by atoms with van der Waals surface area (Å²) in [4.78, 5) is 0. The Morgan fingerprint density at radius 2 is 1.50 bits per heavy atom. The third kappa shape index (κ3) is 6.09. The van der Waals surface area contributed by atoms with E-state index < -0.39 is 0 Å². The smallest absolute Gasteiger partial charge is 0.0563 e. The molecule has 10 heavy (non-hydrogen) atoms. The fourth-order valence-corrected chi connectivity index (χ4v) is 0.674. The first-order valence-corrected chi connectivity index (χ1v) is 4.40. The maximum atomic E-state index is 9.13. The molecule has 0 aliphatic carbocycles. The summed E-state index contributed by atoms with van der Waals surface area (Å²) in [6, 6.07) is 0. The minimum Gasteiger partial charge on any atom is -0.393 e. The standard InChI is InChI=1S/C7H16O.C2H6/c1-4-6(3)7(8)5-2;1-2/h6-8H,4-5H2,1-3H3;1-2H3/t6?,7-;/m0./s1. The van der Waals surface area contributed by atoms with E-state index in [0.29, 0.717) is 5.92 Å². The molecule has 0 bridgehead atoms. The van der Waals surface area contributed by atoms with Crippen molar-refractivity contribution in [3.05, 3.63) is 0 Å². The lowest BCUT2D eigenvalue weighted by molar-refractivity contribution is 0.111. The van der Waals surface area contributed by atoms with Crippen LogP contribution in [0.25, 0.3) is 0 Å². The van der Waals surface area contributed by atoms with Crippen molar-refractivity contribution in [2.45, 2.75) is 53.6 Å². The Bertz CT molecular complexity index is 44.7. The zero-order valence-corrected chi connectivity index (χ0v) is 8.02. The highest BCUT2D eigenvalue weighted by molar-refractivity contribution is 4.59. The third-order valence-corrected chi connectivity index (χ3v) is 1.72. The van der Waals surface area contributed by atoms with Crippen molar-refractivity contribution in [1.29, 1.82) is 0 Å². The quantitative estimate of drug-likeness (QED) is 0.649. The van der Waals surface area contributed by atoms with Gasteiger partial charge in [0.05, 0.1) is 6.10 Å². The third-order valence-electron chi connectivity index (χ3n) is 1.72. The summed E-state index contributed by atoms with van der Waals surface area (Å²) in [6.45, 7) is 10.2. The van der Waals surface area contributed by atoms with Gasteiger partial charge in [-0.15, -0.1) is 0 Å². The van der Waals surface area contributed by atoms with Crippen molar-refractivity contribution in [2.75, 3.05) is 0 Å². The molecule has 0 rings (SSSR count). The molecule has 0 spiro atoms. The van der Waals surface area contributed by atoms with Crippen LogP contribution in [-0.4, -0.2) is 11.2 Å². The Balaban J connectivity index is 0. The van der Waals surface area contributed by atoms with E-state index in [1.165, 1.54) is 0 Å². The van der Waals surface area contributed by atoms with Gasteiger partial charge in [-0.05, 0) is 12.3 Å². The van der Waals surface area contributed by atoms with Gasteiger partial charge in [0.25, 0.3) is 0 Å². The average molecular weight is 146 g/mol. The van der Waals surface area contributed by atoms with Crippen LogP contribution < -0.4 is 0 Å². The summed E-state index contributed by atoms with van der Waals surface area (Å²) in [7, 11) is 0. The first-order valence-electron chi connectivity index (χ1n) is 4.40. The van der Waals surface area contributed by atoms with Crippen LogP contribution in [0.5, 0.6) is 0 Å². The van der Waals surface area contributed by atoms with E-state index in [9.17, 15) is 0 Å². The number of hydrogen-bond donors (Lipinski definition) is 1. The van der Waals surface area contributed by atoms with Crippen molar-refractivity contribution < 1.29 is 5.11 Å². The van der Waals surface area contributed by atoms with Gasteiger partial charge < -0.3 is 5.11 Å². The van der Waals surface area contributed by atoms with E-state index in [-0.39, 0.29) is 6.10 Å². The van der Waals surface area contributed by atoms with Gasteiger partial charge in [0.2, 0.25) is 0 Å². The molecule has 64 valence electrons. The van der Waals surface area contributed by atoms with Crippen LogP contribution in [0, 0.1) is 5.92 Å². The fourth-order valence-electron chi connectivity index (χ4n) is 0.674. The van der Waals surface area contributed by atoms with Gasteiger partial charge in [-0.3, -0.25) is 0 Å². The Morgan fingerprint density at radius 1 is 1.10 bits per heavy atom. The largest absolute Gasteiger partial charge is 0.393 e. The minimum absolute atomic E-state index is 0.0833. The van der Waals surface area contributed by atoms with Crippen LogP contribution in [-0.2, 0) is 0 Å². The lowest BCUT2D eigenvalue weighted by Gasteiger charge is -2.13. The summed E-state index contributed by atoms with van der Waals surface area (Å²) >= 11 is 0. The molecule has 1 heteroatoms. The number of hydrogen-bond acceptors (Lipinski definition) is 1. The van der Waals surface area contributed by atoms with Gasteiger partial charge in [0, 0.05) is 0 Å². The van der Waals surface area contributed by atoms with Gasteiger partial charge in [0.15, 0.2) is 0 Å². The normalized spacial score (nSPS) is 15.0. The van der Waals surface area contributed by atoms with Crippen molar-refractivity contribution in [3.8, 4) is 0 Å². The number of aliphatic hydroxyl groups excluding tert-OH is 1. The number of aliphatic hydroxyl groups is 1. The van der Waals surface area contributed by atoms with Crippen molar-refractivity contribution in [1.82, 2.24) is 0 Å². The van der Waals surface area contributed by atoms with Crippen LogP contribution in [0.4, 0.5) is 0 Å². The summed E-state index contributed by atoms with van der Waals surface area (Å²) in [5.74, 6) is 0.472. The molecule has 0 aliphatic rings. The predicted molar refractivity (Wildman–Crippen MR) is 47.1 cm³/mol. The molecule has 0 heterocycles. The van der Waals surface area contributed by atoms with E-state index in [1.54, 1.807) is 0 Å². The second-order valence-electron chi connectivity index (χ2n) is 2.36. The topological polar surface area (TPSA) is 20.2 Å². The van der Waals surface area contributed by atoms with Gasteiger partial charge >= 0.3 is 0 Å². The molecular formula is C9H22O. The van der Waals surface area contributed by atoms with E-state index in [2.05, 4.69) is 13.8 Å². The molecule has 0 aromatic carbocycles. The lowest BCUT2D eigenvalue weighted by Crippen LogP contribution is -2.14. The highest BCUT2D eigenvalue weighted by atomic mass is 16.3. The molecule has 0 aromatic rings. The second-order valence-corrected chi connectivity index (χ2v) is 2.36. The number of rotatable bonds is 3. The van der Waals surface area contributed by atoms with E-state index in [4.69, 9.17) is 5.11 Å². The van der Waals surface area contributed by atoms with E-state index in [1.807, 2.05) is 20.8 Å². The Kier molecular flexibility index (Phi) is 11.3. The lowest BCUT2D eigenvalue weighted by atomic mass is 10.0. The summed E-state index contributed by atoms with van der Waals surface area (Å²) in [5, 5.41) is 9.13. The minimum atomic E-state index is -0.0833. The molecule has 1 N–H and O–H groups in total. The van der Waals surface area contributed by atoms with Crippen LogP contribution in [0.15, 0.2) is 0 Å². The fraction of sp³-hybridized carbons (Fsp3) is 1.00. The molecular weight excluding hydrogens is 124 g/mol. The van der Waals surface area contributed by atoms with Crippen molar-refractivity contribution >= 4 is 0 Å². The molecule has 2 atom stereocenters. The molecule has 0 saturated carbocycles. The molecule has 1 nitrogen and oxygen atoms in total. The highest BCUT2D eigenvalue weighted by Crippen LogP contribution is 2.09. The van der Waals surface area contributed by atoms with Crippen LogP contribution >= 0.6 is 0 Å². The summed E-state index contributed by atoms with van der Waals surface area (Å²) in [5.41, 5.74) is 0. The molecule has 0 amide bonds. The highest BCUT2D eigenvalue weighted by Gasteiger charge is 2.07. The van der Waals surface area contributed by atoms with Crippen LogP contribution in [0.3, 0.4) is 0 Å². The average Bonchev–Trinajstić information content (AvgIpc) is 2.05. The van der Waals surface area contributed by atoms with Gasteiger partial charge in [-0.2, -0.15) is 0 Å². The monoisotopic (exact) mass is 146 g/mol. The van der Waals surface area contributed by atoms with E-state index >= 15 is 0 Å². The molecule has 1 unspecified atom stereocenters. The molecule has 0 aromatic heterocycles. The van der Waals surface area contributed by atoms with E-state index in [0.717, 1.165) is 12.8 Å². The predicted octanol–water partition coefficient (Wildman–Crippen LogP) is 2.83. The Hall–Kier alpha value is -0.0400. The summed E-state index contributed by atoms with van der Waals surface area (Å²) in [6.07, 6.45) is 1.88. The maximum absolute atomic E-state index is 9.13. The van der Waals surface area contributed by atoms with Gasteiger partial charge in [-0.1, -0.05) is 41.0 Å². The Labute approximate surface area is 65.5 Å². The van der Waals surface area contributed by atoms with Crippen molar-refractivity contribution in [3.63, 3.8) is 0 Å². The Morgan fingerprint density at radius 3 is 1.60 bits per heavy atom.